The van der Waals surface area contributed by atoms with Crippen molar-refractivity contribution in [1.82, 2.24) is 9.80 Å². The monoisotopic (exact) mass is 491 g/mol. The molecule has 0 spiro atoms. The second-order valence-electron chi connectivity index (χ2n) is 7.90. The van der Waals surface area contributed by atoms with Crippen molar-refractivity contribution in [2.24, 2.45) is 5.41 Å². The molecule has 0 aliphatic carbocycles. The summed E-state index contributed by atoms with van der Waals surface area (Å²) >= 11 is 0. The molecular weight excluding hydrogens is 466 g/mol. The van der Waals surface area contributed by atoms with Crippen LogP contribution in [-0.4, -0.2) is 70.0 Å². The maximum absolute atomic E-state index is 13.3. The molecule has 1 aliphatic heterocycles. The van der Waals surface area contributed by atoms with Crippen LogP contribution in [0.3, 0.4) is 0 Å². The normalized spacial score (nSPS) is 16.8. The third-order valence-corrected chi connectivity index (χ3v) is 9.34. The fourth-order valence-electron chi connectivity index (χ4n) is 3.84. The number of nitrogens with one attached hydrogen (secondary N) is 1. The predicted octanol–water partition coefficient (Wildman–Crippen LogP) is 2.20. The van der Waals surface area contributed by atoms with Gasteiger partial charge in [0.1, 0.15) is 11.3 Å². The molecule has 176 valence electrons. The summed E-state index contributed by atoms with van der Waals surface area (Å²) in [6.45, 7) is 0. The molecule has 0 saturated carbocycles. The van der Waals surface area contributed by atoms with Crippen molar-refractivity contribution in [1.29, 1.82) is 5.41 Å². The highest BCUT2D eigenvalue weighted by atomic mass is 32.2. The Morgan fingerprint density at radius 1 is 0.727 bits per heavy atom. The van der Waals surface area contributed by atoms with Crippen LogP contribution < -0.4 is 0 Å². The molecule has 33 heavy (non-hydrogen) atoms. The van der Waals surface area contributed by atoms with E-state index in [1.54, 1.807) is 36.4 Å². The zero-order chi connectivity index (χ0) is 24.4. The molecule has 0 aromatic heterocycles. The Hall–Kier alpha value is -3.05. The second-order valence-corrected chi connectivity index (χ2v) is 12.1. The molecule has 0 radical (unpaired) electrons. The van der Waals surface area contributed by atoms with Gasteiger partial charge in [-0.05, 0) is 37.1 Å². The zero-order valence-electron chi connectivity index (χ0n) is 18.3. The minimum absolute atomic E-state index is 0.0598. The zero-order valence-corrected chi connectivity index (χ0v) is 19.9. The van der Waals surface area contributed by atoms with E-state index in [1.165, 1.54) is 38.4 Å². The van der Waals surface area contributed by atoms with Crippen molar-refractivity contribution in [2.75, 3.05) is 25.6 Å². The molecule has 3 amide bonds. The van der Waals surface area contributed by atoms with E-state index in [0.29, 0.717) is 0 Å². The van der Waals surface area contributed by atoms with Gasteiger partial charge >= 0.3 is 6.03 Å². The smallest absolute Gasteiger partial charge is 0.287 e. The van der Waals surface area contributed by atoms with Crippen molar-refractivity contribution in [3.63, 3.8) is 0 Å². The van der Waals surface area contributed by atoms with Crippen molar-refractivity contribution < 1.29 is 26.4 Å². The lowest BCUT2D eigenvalue weighted by molar-refractivity contribution is -0.136. The van der Waals surface area contributed by atoms with Gasteiger partial charge in [-0.3, -0.25) is 20.0 Å². The first kappa shape index (κ1) is 24.6. The third kappa shape index (κ3) is 4.69. The van der Waals surface area contributed by atoms with Crippen LogP contribution in [0, 0.1) is 10.8 Å². The first-order chi connectivity index (χ1) is 15.4. The minimum Gasteiger partial charge on any atom is -0.287 e. The van der Waals surface area contributed by atoms with Crippen LogP contribution in [0.25, 0.3) is 0 Å². The van der Waals surface area contributed by atoms with Crippen LogP contribution in [0.15, 0.2) is 70.5 Å². The number of hydrogen-bond donors (Lipinski definition) is 1. The molecule has 0 bridgehead atoms. The van der Waals surface area contributed by atoms with Gasteiger partial charge in [-0.1, -0.05) is 36.4 Å². The Morgan fingerprint density at radius 2 is 1.12 bits per heavy atom. The summed E-state index contributed by atoms with van der Waals surface area (Å²) in [5, 5.41) is 8.54. The number of carbonyl (C=O) groups is 2. The molecule has 9 nitrogen and oxygen atoms in total. The predicted molar refractivity (Wildman–Crippen MR) is 122 cm³/mol. The molecule has 0 unspecified atom stereocenters. The summed E-state index contributed by atoms with van der Waals surface area (Å²) in [7, 11) is -5.10. The van der Waals surface area contributed by atoms with Gasteiger partial charge < -0.3 is 0 Å². The summed E-state index contributed by atoms with van der Waals surface area (Å²) in [6, 6.07) is 14.6. The summed E-state index contributed by atoms with van der Waals surface area (Å²) in [5.41, 5.74) is -1.79. The topological polar surface area (TPSA) is 133 Å². The molecule has 3 rings (SSSR count). The number of amidine groups is 1. The largest absolute Gasteiger partial charge is 0.331 e. The van der Waals surface area contributed by atoms with E-state index in [-0.39, 0.29) is 22.6 Å². The number of rotatable bonds is 8. The van der Waals surface area contributed by atoms with E-state index >= 15 is 0 Å². The summed E-state index contributed by atoms with van der Waals surface area (Å²) in [6.07, 6.45) is -0.678. The quantitative estimate of drug-likeness (QED) is 0.602. The summed E-state index contributed by atoms with van der Waals surface area (Å²) in [5.74, 6) is -2.19. The first-order valence-electron chi connectivity index (χ1n) is 10.1. The van der Waals surface area contributed by atoms with Gasteiger partial charge in [0.25, 0.3) is 0 Å². The Balaban J connectivity index is 1.97. The minimum atomic E-state index is -3.82. The number of imide groups is 1. The SMILES string of the molecule is CN1C(=N)C(CCS(=O)(=O)c2ccccc2)(CCS(=O)(=O)c2ccccc2)C(=O)N(C)C1=O. The Morgan fingerprint density at radius 3 is 1.52 bits per heavy atom. The van der Waals surface area contributed by atoms with E-state index in [2.05, 4.69) is 0 Å². The molecular formula is C22H25N3O6S2. The molecule has 0 atom stereocenters. The fourth-order valence-corrected chi connectivity index (χ4v) is 6.68. The van der Waals surface area contributed by atoms with Gasteiger partial charge in [-0.15, -0.1) is 0 Å². The van der Waals surface area contributed by atoms with Gasteiger partial charge in [0, 0.05) is 14.1 Å². The standard InChI is InChI=1S/C22H25N3O6S2/c1-24-19(23)22(20(26)25(2)21(24)27,13-15-32(28,29)17-9-5-3-6-10-17)14-16-33(30,31)18-11-7-4-8-12-18/h3-12,23H,13-16H2,1-2H3. The lowest BCUT2D eigenvalue weighted by Gasteiger charge is -2.43. The van der Waals surface area contributed by atoms with E-state index in [0.717, 1.165) is 9.80 Å². The van der Waals surface area contributed by atoms with Gasteiger partial charge in [-0.25, -0.2) is 21.6 Å². The molecule has 1 fully saturated rings. The highest BCUT2D eigenvalue weighted by molar-refractivity contribution is 7.91. The Bertz CT molecular complexity index is 1180. The van der Waals surface area contributed by atoms with E-state index < -0.39 is 54.4 Å². The highest BCUT2D eigenvalue weighted by Gasteiger charge is 2.53. The lowest BCUT2D eigenvalue weighted by atomic mass is 9.77. The number of nitrogens with zero attached hydrogens (tertiary/aromatic N) is 2. The third-order valence-electron chi connectivity index (χ3n) is 5.88. The molecule has 1 aliphatic rings. The molecule has 2 aromatic carbocycles. The van der Waals surface area contributed by atoms with E-state index in [9.17, 15) is 26.4 Å². The molecule has 2 aromatic rings. The average molecular weight is 492 g/mol. The average Bonchev–Trinajstić information content (AvgIpc) is 2.82. The number of urea groups is 1. The van der Waals surface area contributed by atoms with Crippen LogP contribution in [0.2, 0.25) is 0 Å². The first-order valence-corrected chi connectivity index (χ1v) is 13.4. The van der Waals surface area contributed by atoms with Crippen LogP contribution in [0.4, 0.5) is 4.79 Å². The molecule has 1 saturated heterocycles. The van der Waals surface area contributed by atoms with Crippen molar-refractivity contribution in [2.45, 2.75) is 22.6 Å². The summed E-state index contributed by atoms with van der Waals surface area (Å²) in [4.78, 5) is 27.5. The van der Waals surface area contributed by atoms with Crippen LogP contribution in [0.5, 0.6) is 0 Å². The second kappa shape index (κ2) is 9.06. The van der Waals surface area contributed by atoms with Gasteiger partial charge in [0.2, 0.25) is 5.91 Å². The fraction of sp³-hybridized carbons (Fsp3) is 0.318. The van der Waals surface area contributed by atoms with Gasteiger partial charge in [0.05, 0.1) is 21.3 Å². The maximum atomic E-state index is 13.3. The highest BCUT2D eigenvalue weighted by Crippen LogP contribution is 2.37. The Kier molecular flexibility index (Phi) is 6.75. The van der Waals surface area contributed by atoms with Gasteiger partial charge in [0.15, 0.2) is 19.7 Å². The number of carbonyl (C=O) groups excluding carboxylic acids is 2. The number of amides is 3. The number of benzene rings is 2. The van der Waals surface area contributed by atoms with Crippen LogP contribution >= 0.6 is 0 Å². The van der Waals surface area contributed by atoms with Crippen LogP contribution in [0.1, 0.15) is 12.8 Å². The molecule has 1 heterocycles. The maximum Gasteiger partial charge on any atom is 0.331 e. The van der Waals surface area contributed by atoms with Crippen molar-refractivity contribution >= 4 is 37.4 Å². The molecule has 1 N–H and O–H groups in total. The summed E-state index contributed by atoms with van der Waals surface area (Å²) < 4.78 is 51.5. The van der Waals surface area contributed by atoms with E-state index in [4.69, 9.17) is 5.41 Å². The van der Waals surface area contributed by atoms with E-state index in [1.807, 2.05) is 0 Å². The van der Waals surface area contributed by atoms with Crippen molar-refractivity contribution in [3.8, 4) is 0 Å². The molecule has 11 heteroatoms. The Labute approximate surface area is 193 Å². The number of sulfone groups is 2. The van der Waals surface area contributed by atoms with Gasteiger partial charge in [-0.2, -0.15) is 0 Å². The lowest BCUT2D eigenvalue weighted by Crippen LogP contribution is -2.63. The van der Waals surface area contributed by atoms with Crippen molar-refractivity contribution in [3.05, 3.63) is 60.7 Å². The van der Waals surface area contributed by atoms with Crippen LogP contribution in [-0.2, 0) is 24.5 Å². The number of hydrogen-bond acceptors (Lipinski definition) is 7.